The lowest BCUT2D eigenvalue weighted by atomic mass is 10.0. The maximum absolute atomic E-state index is 5.62. The van der Waals surface area contributed by atoms with Crippen molar-refractivity contribution in [3.63, 3.8) is 0 Å². The predicted molar refractivity (Wildman–Crippen MR) is 66.5 cm³/mol. The number of aryl methyl sites for hydroxylation is 1. The van der Waals surface area contributed by atoms with E-state index in [4.69, 9.17) is 5.73 Å². The third-order valence-electron chi connectivity index (χ3n) is 2.24. The Morgan fingerprint density at radius 2 is 2.00 bits per heavy atom. The van der Waals surface area contributed by atoms with Crippen LogP contribution in [0.25, 0.3) is 11.1 Å². The van der Waals surface area contributed by atoms with Gasteiger partial charge in [-0.2, -0.15) is 0 Å². The number of nitrogens with two attached hydrogens (primary N) is 1. The molecule has 2 rings (SSSR count). The van der Waals surface area contributed by atoms with Crippen molar-refractivity contribution >= 4 is 21.7 Å². The Morgan fingerprint density at radius 3 is 2.67 bits per heavy atom. The van der Waals surface area contributed by atoms with E-state index >= 15 is 0 Å². The molecule has 0 radical (unpaired) electrons. The number of hydrogen-bond acceptors (Lipinski definition) is 2. The van der Waals surface area contributed by atoms with Gasteiger partial charge in [-0.15, -0.1) is 0 Å². The summed E-state index contributed by atoms with van der Waals surface area (Å²) < 4.78 is 1.07. The molecule has 2 nitrogen and oxygen atoms in total. The first-order chi connectivity index (χ1) is 7.16. The van der Waals surface area contributed by atoms with Crippen LogP contribution in [0.3, 0.4) is 0 Å². The fraction of sp³-hybridized carbons (Fsp3) is 0.0833. The lowest BCUT2D eigenvalue weighted by Crippen LogP contribution is -1.93. The second kappa shape index (κ2) is 4.03. The molecular weight excluding hydrogens is 252 g/mol. The van der Waals surface area contributed by atoms with Crippen LogP contribution in [0, 0.1) is 6.92 Å². The zero-order valence-corrected chi connectivity index (χ0v) is 9.95. The number of anilines is 1. The monoisotopic (exact) mass is 262 g/mol. The second-order valence-corrected chi connectivity index (χ2v) is 4.30. The van der Waals surface area contributed by atoms with Gasteiger partial charge in [0.1, 0.15) is 5.82 Å². The Hall–Kier alpha value is -1.35. The van der Waals surface area contributed by atoms with Gasteiger partial charge in [-0.05, 0) is 36.8 Å². The number of rotatable bonds is 1. The fourth-order valence-electron chi connectivity index (χ4n) is 1.54. The Labute approximate surface area is 97.3 Å². The lowest BCUT2D eigenvalue weighted by molar-refractivity contribution is 1.21. The Bertz CT molecular complexity index is 495. The first-order valence-corrected chi connectivity index (χ1v) is 5.45. The van der Waals surface area contributed by atoms with Crippen LogP contribution in [0.2, 0.25) is 0 Å². The van der Waals surface area contributed by atoms with Crippen LogP contribution < -0.4 is 5.73 Å². The average molecular weight is 263 g/mol. The Kier molecular flexibility index (Phi) is 2.73. The molecule has 0 saturated carbocycles. The van der Waals surface area contributed by atoms with Crippen molar-refractivity contribution in [2.24, 2.45) is 0 Å². The van der Waals surface area contributed by atoms with Crippen molar-refractivity contribution < 1.29 is 0 Å². The van der Waals surface area contributed by atoms with Gasteiger partial charge in [-0.1, -0.05) is 28.1 Å². The van der Waals surface area contributed by atoms with Crippen molar-refractivity contribution in [3.05, 3.63) is 46.6 Å². The van der Waals surface area contributed by atoms with E-state index in [9.17, 15) is 0 Å². The molecular formula is C12H11BrN2. The van der Waals surface area contributed by atoms with E-state index in [1.807, 2.05) is 31.2 Å². The third kappa shape index (κ3) is 2.18. The highest BCUT2D eigenvalue weighted by molar-refractivity contribution is 9.10. The summed E-state index contributed by atoms with van der Waals surface area (Å²) in [5.74, 6) is 0.561. The van der Waals surface area contributed by atoms with E-state index in [1.165, 1.54) is 0 Å². The van der Waals surface area contributed by atoms with Crippen LogP contribution in [0.4, 0.5) is 5.82 Å². The van der Waals surface area contributed by atoms with E-state index < -0.39 is 0 Å². The summed E-state index contributed by atoms with van der Waals surface area (Å²) in [5.41, 5.74) is 8.83. The summed E-state index contributed by atoms with van der Waals surface area (Å²) in [7, 11) is 0. The van der Waals surface area contributed by atoms with Gasteiger partial charge >= 0.3 is 0 Å². The second-order valence-electron chi connectivity index (χ2n) is 3.38. The van der Waals surface area contributed by atoms with Crippen molar-refractivity contribution in [2.45, 2.75) is 6.92 Å². The lowest BCUT2D eigenvalue weighted by Gasteiger charge is -2.06. The SMILES string of the molecule is Cc1nc(N)ccc1-c1cccc(Br)c1. The molecule has 0 saturated heterocycles. The maximum atomic E-state index is 5.62. The van der Waals surface area contributed by atoms with Crippen LogP contribution in [-0.2, 0) is 0 Å². The molecule has 0 amide bonds. The highest BCUT2D eigenvalue weighted by Crippen LogP contribution is 2.25. The molecule has 0 spiro atoms. The molecule has 0 aliphatic rings. The van der Waals surface area contributed by atoms with E-state index in [0.717, 1.165) is 21.3 Å². The van der Waals surface area contributed by atoms with Gasteiger partial charge in [-0.25, -0.2) is 4.98 Å². The standard InChI is InChI=1S/C12H11BrN2/c1-8-11(5-6-12(14)15-8)9-3-2-4-10(13)7-9/h2-7H,1H3,(H2,14,15). The molecule has 15 heavy (non-hydrogen) atoms. The molecule has 0 aliphatic carbocycles. The van der Waals surface area contributed by atoms with Gasteiger partial charge in [0.25, 0.3) is 0 Å². The minimum absolute atomic E-state index is 0.561. The molecule has 0 bridgehead atoms. The molecule has 76 valence electrons. The highest BCUT2D eigenvalue weighted by Gasteiger charge is 2.03. The molecule has 2 N–H and O–H groups in total. The largest absolute Gasteiger partial charge is 0.384 e. The van der Waals surface area contributed by atoms with Gasteiger partial charge < -0.3 is 5.73 Å². The normalized spacial score (nSPS) is 10.3. The summed E-state index contributed by atoms with van der Waals surface area (Å²) in [6.45, 7) is 1.96. The van der Waals surface area contributed by atoms with E-state index in [-0.39, 0.29) is 0 Å². The number of benzene rings is 1. The molecule has 2 aromatic rings. The Morgan fingerprint density at radius 1 is 1.20 bits per heavy atom. The fourth-order valence-corrected chi connectivity index (χ4v) is 1.94. The molecule has 1 heterocycles. The van der Waals surface area contributed by atoms with Crippen LogP contribution in [0.1, 0.15) is 5.69 Å². The summed E-state index contributed by atoms with van der Waals surface area (Å²) in [5, 5.41) is 0. The molecule has 1 aromatic heterocycles. The summed E-state index contributed by atoms with van der Waals surface area (Å²) in [6, 6.07) is 12.0. The van der Waals surface area contributed by atoms with Crippen LogP contribution in [0.5, 0.6) is 0 Å². The number of nitrogens with zero attached hydrogens (tertiary/aromatic N) is 1. The highest BCUT2D eigenvalue weighted by atomic mass is 79.9. The predicted octanol–water partition coefficient (Wildman–Crippen LogP) is 3.40. The Balaban J connectivity index is 2.54. The first-order valence-electron chi connectivity index (χ1n) is 4.66. The molecule has 0 aliphatic heterocycles. The van der Waals surface area contributed by atoms with E-state index in [2.05, 4.69) is 33.0 Å². The summed E-state index contributed by atoms with van der Waals surface area (Å²) in [6.07, 6.45) is 0. The van der Waals surface area contributed by atoms with Crippen LogP contribution >= 0.6 is 15.9 Å². The molecule has 0 unspecified atom stereocenters. The van der Waals surface area contributed by atoms with Crippen molar-refractivity contribution in [2.75, 3.05) is 5.73 Å². The van der Waals surface area contributed by atoms with Gasteiger partial charge in [0, 0.05) is 15.7 Å². The van der Waals surface area contributed by atoms with Gasteiger partial charge in [0.2, 0.25) is 0 Å². The van der Waals surface area contributed by atoms with E-state index in [0.29, 0.717) is 5.82 Å². The zero-order chi connectivity index (χ0) is 10.8. The van der Waals surface area contributed by atoms with Crippen molar-refractivity contribution in [3.8, 4) is 11.1 Å². The van der Waals surface area contributed by atoms with Crippen LogP contribution in [0.15, 0.2) is 40.9 Å². The van der Waals surface area contributed by atoms with Crippen molar-refractivity contribution in [1.82, 2.24) is 4.98 Å². The van der Waals surface area contributed by atoms with Gasteiger partial charge in [0.05, 0.1) is 0 Å². The number of aromatic nitrogens is 1. The van der Waals surface area contributed by atoms with Crippen LogP contribution in [-0.4, -0.2) is 4.98 Å². The molecule has 3 heteroatoms. The minimum Gasteiger partial charge on any atom is -0.384 e. The first kappa shape index (κ1) is 10.2. The summed E-state index contributed by atoms with van der Waals surface area (Å²) in [4.78, 5) is 4.24. The smallest absolute Gasteiger partial charge is 0.123 e. The van der Waals surface area contributed by atoms with Gasteiger partial charge in [0.15, 0.2) is 0 Å². The summed E-state index contributed by atoms with van der Waals surface area (Å²) >= 11 is 3.45. The quantitative estimate of drug-likeness (QED) is 0.856. The van der Waals surface area contributed by atoms with Crippen molar-refractivity contribution in [1.29, 1.82) is 0 Å². The third-order valence-corrected chi connectivity index (χ3v) is 2.74. The number of pyridine rings is 1. The number of halogens is 1. The average Bonchev–Trinajstić information content (AvgIpc) is 2.17. The molecule has 0 fully saturated rings. The van der Waals surface area contributed by atoms with Gasteiger partial charge in [-0.3, -0.25) is 0 Å². The molecule has 0 atom stereocenters. The topological polar surface area (TPSA) is 38.9 Å². The minimum atomic E-state index is 0.561. The number of hydrogen-bond donors (Lipinski definition) is 1. The zero-order valence-electron chi connectivity index (χ0n) is 8.37. The molecule has 1 aromatic carbocycles. The van der Waals surface area contributed by atoms with E-state index in [1.54, 1.807) is 0 Å². The maximum Gasteiger partial charge on any atom is 0.123 e. The number of nitrogen functional groups attached to an aromatic ring is 1.